The summed E-state index contributed by atoms with van der Waals surface area (Å²) in [5, 5.41) is 0. The van der Waals surface area contributed by atoms with E-state index in [0.29, 0.717) is 11.3 Å². The minimum Gasteiger partial charge on any atom is -0.364 e. The van der Waals surface area contributed by atoms with Gasteiger partial charge in [-0.3, -0.25) is 4.79 Å². The predicted molar refractivity (Wildman–Crippen MR) is 71.9 cm³/mol. The Hall–Kier alpha value is -1.43. The number of ketones is 1. The monoisotopic (exact) mass is 285 g/mol. The highest BCUT2D eigenvalue weighted by molar-refractivity contribution is 7.91. The lowest BCUT2D eigenvalue weighted by Crippen LogP contribution is -2.47. The second-order valence-corrected chi connectivity index (χ2v) is 7.11. The molecule has 1 aromatic rings. The highest BCUT2D eigenvalue weighted by atomic mass is 32.2. The number of nitrogens with zero attached hydrogens (tertiary/aromatic N) is 1. The van der Waals surface area contributed by atoms with Crippen LogP contribution in [0.15, 0.2) is 18.2 Å². The van der Waals surface area contributed by atoms with Gasteiger partial charge in [0.25, 0.3) is 0 Å². The molecule has 1 aliphatic rings. The second-order valence-electron chi connectivity index (χ2n) is 4.88. The van der Waals surface area contributed by atoms with Gasteiger partial charge in [0.15, 0.2) is 15.6 Å². The van der Waals surface area contributed by atoms with Crippen LogP contribution in [-0.4, -0.2) is 38.3 Å². The van der Waals surface area contributed by atoms with E-state index in [9.17, 15) is 17.6 Å². The lowest BCUT2D eigenvalue weighted by molar-refractivity contribution is 0.101. The molecule has 1 atom stereocenters. The number of anilines is 1. The molecule has 0 aromatic heterocycles. The maximum atomic E-state index is 14.0. The van der Waals surface area contributed by atoms with Crippen LogP contribution in [0.3, 0.4) is 0 Å². The zero-order chi connectivity index (χ0) is 14.2. The number of halogens is 1. The largest absolute Gasteiger partial charge is 0.364 e. The molecule has 1 saturated heterocycles. The summed E-state index contributed by atoms with van der Waals surface area (Å²) in [6.45, 7) is 3.42. The molecule has 1 unspecified atom stereocenters. The molecule has 1 aliphatic heterocycles. The van der Waals surface area contributed by atoms with E-state index >= 15 is 0 Å². The summed E-state index contributed by atoms with van der Waals surface area (Å²) in [5.74, 6) is -0.620. The van der Waals surface area contributed by atoms with Crippen molar-refractivity contribution in [3.63, 3.8) is 0 Å². The van der Waals surface area contributed by atoms with Crippen LogP contribution in [0.25, 0.3) is 0 Å². The first-order valence-corrected chi connectivity index (χ1v) is 7.90. The third-order valence-corrected chi connectivity index (χ3v) is 5.13. The minimum absolute atomic E-state index is 0.0287. The lowest BCUT2D eigenvalue weighted by Gasteiger charge is -2.35. The molecular weight excluding hydrogens is 269 g/mol. The highest BCUT2D eigenvalue weighted by Gasteiger charge is 2.29. The van der Waals surface area contributed by atoms with E-state index in [1.165, 1.54) is 13.0 Å². The van der Waals surface area contributed by atoms with Gasteiger partial charge in [-0.15, -0.1) is 0 Å². The number of rotatable bonds is 2. The summed E-state index contributed by atoms with van der Waals surface area (Å²) in [5.41, 5.74) is 0.672. The number of carbonyl (C=O) groups is 1. The van der Waals surface area contributed by atoms with Gasteiger partial charge in [-0.1, -0.05) is 0 Å². The van der Waals surface area contributed by atoms with E-state index < -0.39 is 15.7 Å². The average Bonchev–Trinajstić information content (AvgIpc) is 2.29. The Labute approximate surface area is 112 Å². The predicted octanol–water partition coefficient (Wildman–Crippen LogP) is 1.65. The Balaban J connectivity index is 2.30. The Morgan fingerprint density at radius 3 is 2.63 bits per heavy atom. The SMILES string of the molecule is CC(=O)c1ccc(N2CCS(=O)(=O)CC2C)c(F)c1. The van der Waals surface area contributed by atoms with Crippen molar-refractivity contribution in [1.29, 1.82) is 0 Å². The molecule has 0 N–H and O–H groups in total. The van der Waals surface area contributed by atoms with Crippen LogP contribution < -0.4 is 4.90 Å². The molecular formula is C13H16FNO3S. The van der Waals surface area contributed by atoms with E-state index in [-0.39, 0.29) is 29.9 Å². The first kappa shape index (κ1) is 14.0. The van der Waals surface area contributed by atoms with Gasteiger partial charge in [0, 0.05) is 18.2 Å². The zero-order valence-corrected chi connectivity index (χ0v) is 11.7. The molecule has 0 saturated carbocycles. The van der Waals surface area contributed by atoms with E-state index in [0.717, 1.165) is 0 Å². The van der Waals surface area contributed by atoms with Gasteiger partial charge in [0.1, 0.15) is 5.82 Å². The van der Waals surface area contributed by atoms with Gasteiger partial charge in [-0.25, -0.2) is 12.8 Å². The standard InChI is InChI=1S/C13H16FNO3S/c1-9-8-19(17,18)6-5-15(9)13-4-3-11(10(2)16)7-12(13)14/h3-4,7,9H,5-6,8H2,1-2H3. The number of carbonyl (C=O) groups excluding carboxylic acids is 1. The Bertz CT molecular complexity index is 612. The van der Waals surface area contributed by atoms with Crippen molar-refractivity contribution in [2.24, 2.45) is 0 Å². The van der Waals surface area contributed by atoms with Crippen LogP contribution >= 0.6 is 0 Å². The van der Waals surface area contributed by atoms with E-state index in [1.54, 1.807) is 24.0 Å². The average molecular weight is 285 g/mol. The summed E-state index contributed by atoms with van der Waals surface area (Å²) >= 11 is 0. The van der Waals surface area contributed by atoms with Gasteiger partial charge < -0.3 is 4.90 Å². The van der Waals surface area contributed by atoms with Crippen molar-refractivity contribution in [2.75, 3.05) is 23.0 Å². The van der Waals surface area contributed by atoms with Gasteiger partial charge in [-0.2, -0.15) is 0 Å². The van der Waals surface area contributed by atoms with E-state index in [1.807, 2.05) is 0 Å². The molecule has 4 nitrogen and oxygen atoms in total. The van der Waals surface area contributed by atoms with Crippen LogP contribution in [0.2, 0.25) is 0 Å². The Morgan fingerprint density at radius 1 is 1.42 bits per heavy atom. The quantitative estimate of drug-likeness (QED) is 0.775. The molecule has 6 heteroatoms. The summed E-state index contributed by atoms with van der Waals surface area (Å²) in [4.78, 5) is 12.9. The molecule has 2 rings (SSSR count). The van der Waals surface area contributed by atoms with Crippen molar-refractivity contribution in [2.45, 2.75) is 19.9 Å². The Kier molecular flexibility index (Phi) is 3.62. The smallest absolute Gasteiger partial charge is 0.159 e. The van der Waals surface area contributed by atoms with Crippen LogP contribution in [0.4, 0.5) is 10.1 Å². The van der Waals surface area contributed by atoms with Gasteiger partial charge >= 0.3 is 0 Å². The summed E-state index contributed by atoms with van der Waals surface area (Å²) in [6.07, 6.45) is 0. The molecule has 1 heterocycles. The fourth-order valence-corrected chi connectivity index (χ4v) is 3.87. The van der Waals surface area contributed by atoms with E-state index in [4.69, 9.17) is 0 Å². The van der Waals surface area contributed by atoms with Crippen molar-refractivity contribution >= 4 is 21.3 Å². The molecule has 19 heavy (non-hydrogen) atoms. The number of sulfone groups is 1. The van der Waals surface area contributed by atoms with Crippen molar-refractivity contribution in [3.05, 3.63) is 29.6 Å². The Morgan fingerprint density at radius 2 is 2.11 bits per heavy atom. The second kappa shape index (κ2) is 4.92. The van der Waals surface area contributed by atoms with Crippen LogP contribution in [0.1, 0.15) is 24.2 Å². The summed E-state index contributed by atoms with van der Waals surface area (Å²) in [7, 11) is -3.03. The first-order valence-electron chi connectivity index (χ1n) is 6.08. The maximum Gasteiger partial charge on any atom is 0.159 e. The van der Waals surface area contributed by atoms with Crippen LogP contribution in [-0.2, 0) is 9.84 Å². The first-order chi connectivity index (χ1) is 8.80. The fourth-order valence-electron chi connectivity index (χ4n) is 2.32. The number of benzene rings is 1. The molecule has 0 aliphatic carbocycles. The molecule has 1 fully saturated rings. The van der Waals surface area contributed by atoms with Gasteiger partial charge in [0.2, 0.25) is 0 Å². The molecule has 0 spiro atoms. The van der Waals surface area contributed by atoms with Crippen molar-refractivity contribution < 1.29 is 17.6 Å². The number of hydrogen-bond acceptors (Lipinski definition) is 4. The number of hydrogen-bond donors (Lipinski definition) is 0. The van der Waals surface area contributed by atoms with Crippen molar-refractivity contribution in [1.82, 2.24) is 0 Å². The maximum absolute atomic E-state index is 14.0. The zero-order valence-electron chi connectivity index (χ0n) is 10.9. The normalized spacial score (nSPS) is 22.3. The summed E-state index contributed by atoms with van der Waals surface area (Å²) in [6, 6.07) is 4.04. The van der Waals surface area contributed by atoms with Gasteiger partial charge in [-0.05, 0) is 32.0 Å². The highest BCUT2D eigenvalue weighted by Crippen LogP contribution is 2.25. The molecule has 0 amide bonds. The molecule has 0 bridgehead atoms. The van der Waals surface area contributed by atoms with Crippen LogP contribution in [0.5, 0.6) is 0 Å². The third-order valence-electron chi connectivity index (χ3n) is 3.33. The third kappa shape index (κ3) is 2.94. The summed E-state index contributed by atoms with van der Waals surface area (Å²) < 4.78 is 37.0. The number of Topliss-reactive ketones (excluding diaryl/α,β-unsaturated/α-hetero) is 1. The van der Waals surface area contributed by atoms with Crippen LogP contribution in [0, 0.1) is 5.82 Å². The molecule has 104 valence electrons. The topological polar surface area (TPSA) is 54.5 Å². The van der Waals surface area contributed by atoms with E-state index in [2.05, 4.69) is 0 Å². The minimum atomic E-state index is -3.03. The van der Waals surface area contributed by atoms with Crippen molar-refractivity contribution in [3.8, 4) is 0 Å². The lowest BCUT2D eigenvalue weighted by atomic mass is 10.1. The fraction of sp³-hybridized carbons (Fsp3) is 0.462. The van der Waals surface area contributed by atoms with Gasteiger partial charge in [0.05, 0.1) is 17.2 Å². The molecule has 0 radical (unpaired) electrons. The molecule has 1 aromatic carbocycles.